The van der Waals surface area contributed by atoms with E-state index in [0.717, 1.165) is 6.42 Å². The van der Waals surface area contributed by atoms with Gasteiger partial charge in [-0.1, -0.05) is 192 Å². The van der Waals surface area contributed by atoms with Crippen LogP contribution in [0.4, 0.5) is 0 Å². The zero-order chi connectivity index (χ0) is 39.2. The molecule has 8 rings (SSSR count). The summed E-state index contributed by atoms with van der Waals surface area (Å²) in [6, 6.07) is 36.9. The number of benzene rings is 6. The molecule has 55 heavy (non-hydrogen) atoms. The third kappa shape index (κ3) is 6.23. The van der Waals surface area contributed by atoms with Crippen molar-refractivity contribution in [2.75, 3.05) is 0 Å². The Labute approximate surface area is 329 Å². The minimum Gasteiger partial charge on any atom is -0.0801 e. The lowest BCUT2D eigenvalue weighted by atomic mass is 9.68. The van der Waals surface area contributed by atoms with Crippen molar-refractivity contribution in [2.45, 2.75) is 111 Å². The Morgan fingerprint density at radius 3 is 1.53 bits per heavy atom. The van der Waals surface area contributed by atoms with Crippen LogP contribution in [0.2, 0.25) is 0 Å². The van der Waals surface area contributed by atoms with E-state index in [4.69, 9.17) is 0 Å². The molecule has 0 atom stereocenters. The minimum atomic E-state index is -0.185. The predicted octanol–water partition coefficient (Wildman–Crippen LogP) is 13.2. The molecule has 278 valence electrons. The SMILES string of the molecule is CC(C)(C)c1cc2c(cc1C(C)(C)C)=c1c(c(C3=CC=CC3)c(C(C)(C)C)c(C(C)(C)C)c1=C(c1cccc3ccccc13)c1cccc3ccccc13)C=2. The summed E-state index contributed by atoms with van der Waals surface area (Å²) in [4.78, 5) is 0. The fourth-order valence-electron chi connectivity index (χ4n) is 9.56. The highest BCUT2D eigenvalue weighted by Crippen LogP contribution is 2.44. The van der Waals surface area contributed by atoms with Gasteiger partial charge in [0.15, 0.2) is 0 Å². The lowest BCUT2D eigenvalue weighted by molar-refractivity contribution is 0.524. The Kier molecular flexibility index (Phi) is 8.62. The van der Waals surface area contributed by atoms with Crippen LogP contribution in [0.3, 0.4) is 0 Å². The van der Waals surface area contributed by atoms with Crippen molar-refractivity contribution in [3.63, 3.8) is 0 Å². The van der Waals surface area contributed by atoms with Crippen LogP contribution in [0.1, 0.15) is 134 Å². The molecule has 0 heterocycles. The average Bonchev–Trinajstić information content (AvgIpc) is 3.78. The van der Waals surface area contributed by atoms with Crippen LogP contribution in [0.5, 0.6) is 0 Å². The third-order valence-corrected chi connectivity index (χ3v) is 11.9. The molecule has 2 aliphatic carbocycles. The van der Waals surface area contributed by atoms with Crippen molar-refractivity contribution >= 4 is 38.8 Å². The lowest BCUT2D eigenvalue weighted by Crippen LogP contribution is -2.34. The molecule has 6 aromatic carbocycles. The fourth-order valence-corrected chi connectivity index (χ4v) is 9.56. The van der Waals surface area contributed by atoms with Gasteiger partial charge in [-0.2, -0.15) is 0 Å². The number of hydrogen-bond donors (Lipinski definition) is 0. The molecular formula is C55H58. The Morgan fingerprint density at radius 2 is 1.04 bits per heavy atom. The first-order valence-electron chi connectivity index (χ1n) is 20.3. The number of fused-ring (bicyclic) bond motifs is 4. The molecule has 0 saturated carbocycles. The molecule has 0 aliphatic heterocycles. The maximum atomic E-state index is 2.60. The van der Waals surface area contributed by atoms with Crippen LogP contribution >= 0.6 is 0 Å². The summed E-state index contributed by atoms with van der Waals surface area (Å²) in [6.45, 7) is 28.9. The highest BCUT2D eigenvalue weighted by atomic mass is 14.4. The summed E-state index contributed by atoms with van der Waals surface area (Å²) in [6.07, 6.45) is 10.5. The molecule has 0 spiro atoms. The number of allylic oxidation sites excluding steroid dienone is 4. The van der Waals surface area contributed by atoms with Gasteiger partial charge in [-0.15, -0.1) is 0 Å². The zero-order valence-electron chi connectivity index (χ0n) is 35.3. The van der Waals surface area contributed by atoms with Gasteiger partial charge >= 0.3 is 0 Å². The first kappa shape index (κ1) is 37.0. The molecular weight excluding hydrogens is 661 g/mol. The van der Waals surface area contributed by atoms with Crippen LogP contribution in [-0.2, 0) is 21.7 Å². The van der Waals surface area contributed by atoms with Crippen molar-refractivity contribution < 1.29 is 0 Å². The maximum Gasteiger partial charge on any atom is -0.00167 e. The molecule has 0 radical (unpaired) electrons. The monoisotopic (exact) mass is 718 g/mol. The van der Waals surface area contributed by atoms with Crippen LogP contribution in [0, 0.1) is 10.4 Å². The Bertz CT molecular complexity index is 2750. The van der Waals surface area contributed by atoms with Crippen molar-refractivity contribution in [2.24, 2.45) is 0 Å². The summed E-state index contributed by atoms with van der Waals surface area (Å²) in [5, 5.41) is 10.6. The van der Waals surface area contributed by atoms with Gasteiger partial charge in [0.2, 0.25) is 0 Å². The van der Waals surface area contributed by atoms with E-state index in [2.05, 4.69) is 204 Å². The Morgan fingerprint density at radius 1 is 0.527 bits per heavy atom. The van der Waals surface area contributed by atoms with E-state index < -0.39 is 0 Å². The second-order valence-electron chi connectivity index (χ2n) is 20.2. The first-order chi connectivity index (χ1) is 25.9. The van der Waals surface area contributed by atoms with Crippen molar-refractivity contribution in [3.05, 3.63) is 181 Å². The predicted molar refractivity (Wildman–Crippen MR) is 239 cm³/mol. The Balaban J connectivity index is 1.82. The van der Waals surface area contributed by atoms with Crippen LogP contribution < -0.4 is 10.4 Å². The summed E-state index contributed by atoms with van der Waals surface area (Å²) < 4.78 is 0. The Hall–Kier alpha value is -4.94. The van der Waals surface area contributed by atoms with Crippen molar-refractivity contribution in [1.29, 1.82) is 0 Å². The maximum absolute atomic E-state index is 2.60. The molecule has 0 amide bonds. The van der Waals surface area contributed by atoms with E-state index in [1.807, 2.05) is 0 Å². The van der Waals surface area contributed by atoms with Crippen LogP contribution in [0.15, 0.2) is 115 Å². The number of rotatable bonds is 3. The summed E-state index contributed by atoms with van der Waals surface area (Å²) in [5.41, 5.74) is 13.6. The zero-order valence-corrected chi connectivity index (χ0v) is 35.3. The second-order valence-corrected chi connectivity index (χ2v) is 20.2. The van der Waals surface area contributed by atoms with Crippen LogP contribution in [-0.4, -0.2) is 0 Å². The molecule has 0 nitrogen and oxygen atoms in total. The van der Waals surface area contributed by atoms with E-state index in [9.17, 15) is 0 Å². The normalized spacial score (nSPS) is 14.3. The lowest BCUT2D eigenvalue weighted by Gasteiger charge is -2.35. The van der Waals surface area contributed by atoms with Gasteiger partial charge < -0.3 is 0 Å². The van der Waals surface area contributed by atoms with E-state index >= 15 is 0 Å². The van der Waals surface area contributed by atoms with Gasteiger partial charge in [0.25, 0.3) is 0 Å². The van der Waals surface area contributed by atoms with E-state index in [0.29, 0.717) is 0 Å². The average molecular weight is 719 g/mol. The van der Waals surface area contributed by atoms with Gasteiger partial charge in [-0.05, 0) is 138 Å². The summed E-state index contributed by atoms with van der Waals surface area (Å²) in [7, 11) is 0. The second kappa shape index (κ2) is 12.8. The van der Waals surface area contributed by atoms with E-state index in [1.165, 1.54) is 98.1 Å². The molecule has 0 saturated heterocycles. The number of hydrogen-bond acceptors (Lipinski definition) is 0. The summed E-state index contributed by atoms with van der Waals surface area (Å²) >= 11 is 0. The smallest absolute Gasteiger partial charge is 0.00167 e. The van der Waals surface area contributed by atoms with Crippen molar-refractivity contribution in [1.82, 2.24) is 0 Å². The van der Waals surface area contributed by atoms with Crippen molar-refractivity contribution in [3.8, 4) is 0 Å². The molecule has 0 bridgehead atoms. The van der Waals surface area contributed by atoms with E-state index in [-0.39, 0.29) is 21.7 Å². The molecule has 0 fully saturated rings. The highest BCUT2D eigenvalue weighted by molar-refractivity contribution is 6.04. The molecule has 6 aromatic rings. The van der Waals surface area contributed by atoms with Gasteiger partial charge in [0.1, 0.15) is 0 Å². The van der Waals surface area contributed by atoms with Gasteiger partial charge in [-0.25, -0.2) is 0 Å². The molecule has 0 N–H and O–H groups in total. The van der Waals surface area contributed by atoms with Crippen LogP contribution in [0.25, 0.3) is 38.8 Å². The van der Waals surface area contributed by atoms with Gasteiger partial charge in [-0.3, -0.25) is 0 Å². The van der Waals surface area contributed by atoms with Gasteiger partial charge in [0, 0.05) is 0 Å². The molecule has 0 aromatic heterocycles. The van der Waals surface area contributed by atoms with E-state index in [1.54, 1.807) is 0 Å². The quantitative estimate of drug-likeness (QED) is 0.171. The minimum absolute atomic E-state index is 0.000150. The van der Waals surface area contributed by atoms with Gasteiger partial charge in [0.05, 0.1) is 0 Å². The molecule has 2 aliphatic rings. The topological polar surface area (TPSA) is 0 Å². The standard InChI is InChI=1S/C55H58/c1-52(2,3)44-32-37-31-43-46(36-23-13-14-24-36)50(54(7,8)9)51(55(10,11)12)49(48(43)42(37)33-45(44)53(4,5)6)47(40-29-19-25-34-21-15-17-27-38(34)40)41-30-20-26-35-22-16-18-28-39(35)41/h13-23,25-33H,24H2,1-12H3. The highest BCUT2D eigenvalue weighted by Gasteiger charge is 2.35. The molecule has 0 unspecified atom stereocenters. The molecule has 0 heteroatoms. The largest absolute Gasteiger partial charge is 0.0801 e. The first-order valence-corrected chi connectivity index (χ1v) is 20.3. The summed E-state index contributed by atoms with van der Waals surface area (Å²) in [5.74, 6) is 0. The third-order valence-electron chi connectivity index (χ3n) is 11.9. The fraction of sp³-hybridized carbons (Fsp3) is 0.309.